The molecular weight excluding hydrogens is 362 g/mol. The van der Waals surface area contributed by atoms with Crippen molar-refractivity contribution < 1.29 is 9.59 Å². The average molecular weight is 386 g/mol. The van der Waals surface area contributed by atoms with Crippen molar-refractivity contribution in [3.05, 3.63) is 64.7 Å². The van der Waals surface area contributed by atoms with Gasteiger partial charge in [-0.2, -0.15) is 0 Å². The van der Waals surface area contributed by atoms with Crippen LogP contribution >= 0.6 is 11.6 Å². The number of hydrogen-bond donors (Lipinski definition) is 1. The molecule has 27 heavy (non-hydrogen) atoms. The number of amides is 2. The molecule has 142 valence electrons. The van der Waals surface area contributed by atoms with E-state index in [9.17, 15) is 9.59 Å². The molecule has 1 atom stereocenters. The second kappa shape index (κ2) is 8.55. The highest BCUT2D eigenvalue weighted by atomic mass is 35.5. The quantitative estimate of drug-likeness (QED) is 0.860. The van der Waals surface area contributed by atoms with Crippen molar-refractivity contribution in [1.82, 2.24) is 9.80 Å². The minimum Gasteiger partial charge on any atom is -0.337 e. The van der Waals surface area contributed by atoms with Gasteiger partial charge in [-0.25, -0.2) is 0 Å². The van der Waals surface area contributed by atoms with Crippen LogP contribution in [0.4, 0.5) is 5.69 Å². The highest BCUT2D eigenvalue weighted by Gasteiger charge is 2.27. The van der Waals surface area contributed by atoms with Crippen LogP contribution in [0.1, 0.15) is 18.1 Å². The number of rotatable bonds is 5. The first-order valence-electron chi connectivity index (χ1n) is 9.05. The maximum atomic E-state index is 12.9. The molecule has 3 rings (SSSR count). The molecule has 1 N–H and O–H groups in total. The Morgan fingerprint density at radius 2 is 1.81 bits per heavy atom. The summed E-state index contributed by atoms with van der Waals surface area (Å²) in [6, 6.07) is 14.8. The van der Waals surface area contributed by atoms with E-state index in [1.165, 1.54) is 11.1 Å². The Balaban J connectivity index is 1.55. The molecule has 2 amide bonds. The largest absolute Gasteiger partial charge is 0.337 e. The van der Waals surface area contributed by atoms with Gasteiger partial charge in [0, 0.05) is 23.8 Å². The van der Waals surface area contributed by atoms with Crippen LogP contribution in [-0.4, -0.2) is 47.8 Å². The zero-order valence-electron chi connectivity index (χ0n) is 15.6. The molecule has 6 heteroatoms. The Hall–Kier alpha value is -2.37. The lowest BCUT2D eigenvalue weighted by Crippen LogP contribution is -2.49. The molecule has 0 aromatic heterocycles. The van der Waals surface area contributed by atoms with Crippen molar-refractivity contribution in [2.75, 3.05) is 25.5 Å². The summed E-state index contributed by atoms with van der Waals surface area (Å²) in [6.45, 7) is 3.33. The standard InChI is InChI=1S/C21H24ClN3O2/c1-15(21(27)25-12-11-16-5-3-4-6-17(16)13-25)24(2)14-20(26)23-19-9-7-18(22)8-10-19/h3-10,15H,11-14H2,1-2H3,(H,23,26)/t15-/m0/s1. The fourth-order valence-corrected chi connectivity index (χ4v) is 3.36. The predicted molar refractivity (Wildman–Crippen MR) is 108 cm³/mol. The summed E-state index contributed by atoms with van der Waals surface area (Å²) in [4.78, 5) is 28.8. The number of benzene rings is 2. The molecule has 2 aromatic carbocycles. The number of hydrogen-bond acceptors (Lipinski definition) is 3. The first-order chi connectivity index (χ1) is 12.9. The molecule has 0 aliphatic carbocycles. The number of likely N-dealkylation sites (N-methyl/N-ethyl adjacent to an activating group) is 1. The van der Waals surface area contributed by atoms with E-state index in [0.29, 0.717) is 23.8 Å². The third-order valence-corrected chi connectivity index (χ3v) is 5.23. The van der Waals surface area contributed by atoms with E-state index < -0.39 is 0 Å². The van der Waals surface area contributed by atoms with E-state index in [4.69, 9.17) is 11.6 Å². The maximum Gasteiger partial charge on any atom is 0.239 e. The fourth-order valence-electron chi connectivity index (χ4n) is 3.23. The van der Waals surface area contributed by atoms with Gasteiger partial charge in [-0.3, -0.25) is 14.5 Å². The van der Waals surface area contributed by atoms with Crippen LogP contribution in [0.25, 0.3) is 0 Å². The molecule has 5 nitrogen and oxygen atoms in total. The number of carbonyl (C=O) groups is 2. The van der Waals surface area contributed by atoms with Crippen LogP contribution in [-0.2, 0) is 22.6 Å². The topological polar surface area (TPSA) is 52.7 Å². The minimum atomic E-state index is -0.369. The molecule has 1 aliphatic heterocycles. The van der Waals surface area contributed by atoms with E-state index in [2.05, 4.69) is 17.4 Å². The van der Waals surface area contributed by atoms with Crippen molar-refractivity contribution >= 4 is 29.1 Å². The summed E-state index contributed by atoms with van der Waals surface area (Å²) in [6.07, 6.45) is 0.870. The molecule has 1 aliphatic rings. The second-order valence-corrected chi connectivity index (χ2v) is 7.36. The Bertz CT molecular complexity index is 822. The van der Waals surface area contributed by atoms with Gasteiger partial charge in [-0.15, -0.1) is 0 Å². The third-order valence-electron chi connectivity index (χ3n) is 4.98. The van der Waals surface area contributed by atoms with Crippen molar-refractivity contribution in [3.8, 4) is 0 Å². The van der Waals surface area contributed by atoms with Gasteiger partial charge in [-0.1, -0.05) is 35.9 Å². The Labute approximate surface area is 164 Å². The van der Waals surface area contributed by atoms with Crippen molar-refractivity contribution in [3.63, 3.8) is 0 Å². The first kappa shape index (κ1) is 19.4. The van der Waals surface area contributed by atoms with Crippen LogP contribution in [0.5, 0.6) is 0 Å². The number of nitrogens with zero attached hydrogens (tertiary/aromatic N) is 2. The van der Waals surface area contributed by atoms with Crippen molar-refractivity contribution in [1.29, 1.82) is 0 Å². The summed E-state index contributed by atoms with van der Waals surface area (Å²) in [5.74, 6) is -0.116. The van der Waals surface area contributed by atoms with Gasteiger partial charge in [0.1, 0.15) is 0 Å². The lowest BCUT2D eigenvalue weighted by molar-refractivity contribution is -0.137. The lowest BCUT2D eigenvalue weighted by Gasteiger charge is -2.33. The minimum absolute atomic E-state index is 0.0475. The maximum absolute atomic E-state index is 12.9. The van der Waals surface area contributed by atoms with Crippen LogP contribution in [0.2, 0.25) is 5.02 Å². The summed E-state index contributed by atoms with van der Waals surface area (Å²) in [7, 11) is 1.79. The molecule has 0 radical (unpaired) electrons. The van der Waals surface area contributed by atoms with Gasteiger partial charge in [0.2, 0.25) is 11.8 Å². The number of anilines is 1. The predicted octanol–water partition coefficient (Wildman–Crippen LogP) is 3.18. The van der Waals surface area contributed by atoms with Gasteiger partial charge in [-0.05, 0) is 55.8 Å². The SMILES string of the molecule is C[C@@H](C(=O)N1CCc2ccccc2C1)N(C)CC(=O)Nc1ccc(Cl)cc1. The number of fused-ring (bicyclic) bond motifs is 1. The van der Waals surface area contributed by atoms with Gasteiger partial charge in [0.05, 0.1) is 12.6 Å². The van der Waals surface area contributed by atoms with E-state index in [-0.39, 0.29) is 24.4 Å². The average Bonchev–Trinajstić information content (AvgIpc) is 2.68. The molecule has 2 aromatic rings. The lowest BCUT2D eigenvalue weighted by atomic mass is 9.99. The van der Waals surface area contributed by atoms with Gasteiger partial charge < -0.3 is 10.2 Å². The fraction of sp³-hybridized carbons (Fsp3) is 0.333. The molecule has 0 saturated heterocycles. The Kier molecular flexibility index (Phi) is 6.14. The summed E-state index contributed by atoms with van der Waals surface area (Å²) in [5, 5.41) is 3.44. The smallest absolute Gasteiger partial charge is 0.239 e. The van der Waals surface area contributed by atoms with Crippen molar-refractivity contribution in [2.45, 2.75) is 25.9 Å². The summed E-state index contributed by atoms with van der Waals surface area (Å²) < 4.78 is 0. The van der Waals surface area contributed by atoms with Crippen LogP contribution < -0.4 is 5.32 Å². The molecule has 0 saturated carbocycles. The van der Waals surface area contributed by atoms with E-state index in [0.717, 1.165) is 6.42 Å². The van der Waals surface area contributed by atoms with Crippen LogP contribution in [0.15, 0.2) is 48.5 Å². The number of carbonyl (C=O) groups excluding carboxylic acids is 2. The van der Waals surface area contributed by atoms with Gasteiger partial charge in [0.25, 0.3) is 0 Å². The first-order valence-corrected chi connectivity index (χ1v) is 9.43. The summed E-state index contributed by atoms with van der Waals surface area (Å²) >= 11 is 5.85. The molecule has 0 unspecified atom stereocenters. The van der Waals surface area contributed by atoms with E-state index in [1.807, 2.05) is 24.0 Å². The normalized spacial score (nSPS) is 14.6. The Morgan fingerprint density at radius 1 is 1.15 bits per heavy atom. The molecule has 0 bridgehead atoms. The number of halogens is 1. The highest BCUT2D eigenvalue weighted by molar-refractivity contribution is 6.30. The van der Waals surface area contributed by atoms with E-state index in [1.54, 1.807) is 36.2 Å². The molecule has 0 spiro atoms. The molecule has 1 heterocycles. The van der Waals surface area contributed by atoms with Crippen LogP contribution in [0, 0.1) is 0 Å². The molecule has 0 fully saturated rings. The van der Waals surface area contributed by atoms with Gasteiger partial charge >= 0.3 is 0 Å². The zero-order valence-corrected chi connectivity index (χ0v) is 16.4. The number of nitrogens with one attached hydrogen (secondary N) is 1. The summed E-state index contributed by atoms with van der Waals surface area (Å²) in [5.41, 5.74) is 3.20. The van der Waals surface area contributed by atoms with E-state index >= 15 is 0 Å². The third kappa shape index (κ3) is 4.87. The molecular formula is C21H24ClN3O2. The highest BCUT2D eigenvalue weighted by Crippen LogP contribution is 2.20. The van der Waals surface area contributed by atoms with Crippen LogP contribution in [0.3, 0.4) is 0 Å². The van der Waals surface area contributed by atoms with Crippen molar-refractivity contribution in [2.24, 2.45) is 0 Å². The van der Waals surface area contributed by atoms with Gasteiger partial charge in [0.15, 0.2) is 0 Å². The Morgan fingerprint density at radius 3 is 2.52 bits per heavy atom. The second-order valence-electron chi connectivity index (χ2n) is 6.92. The zero-order chi connectivity index (χ0) is 19.4. The monoisotopic (exact) mass is 385 g/mol.